The van der Waals surface area contributed by atoms with E-state index in [1.807, 2.05) is 20.8 Å². The summed E-state index contributed by atoms with van der Waals surface area (Å²) in [6, 6.07) is -0.393. The van der Waals surface area contributed by atoms with Crippen molar-refractivity contribution in [2.24, 2.45) is 11.3 Å². The lowest BCUT2D eigenvalue weighted by atomic mass is 9.84. The molecule has 98 valence electrons. The molecule has 1 atom stereocenters. The van der Waals surface area contributed by atoms with Crippen LogP contribution in [0, 0.1) is 11.3 Å². The van der Waals surface area contributed by atoms with Crippen LogP contribution in [0.3, 0.4) is 0 Å². The minimum absolute atomic E-state index is 0.0479. The van der Waals surface area contributed by atoms with Crippen molar-refractivity contribution in [1.29, 1.82) is 0 Å². The largest absolute Gasteiger partial charge is 0.342 e. The highest BCUT2D eigenvalue weighted by Crippen LogP contribution is 2.23. The van der Waals surface area contributed by atoms with Gasteiger partial charge in [0.2, 0.25) is 11.8 Å². The summed E-state index contributed by atoms with van der Waals surface area (Å²) in [6.45, 7) is 11.0. The molecule has 1 fully saturated rings. The Hall–Kier alpha value is -1.06. The first kappa shape index (κ1) is 14.0. The van der Waals surface area contributed by atoms with Crippen molar-refractivity contribution in [3.63, 3.8) is 0 Å². The summed E-state index contributed by atoms with van der Waals surface area (Å²) in [6.07, 6.45) is 0.940. The van der Waals surface area contributed by atoms with Crippen molar-refractivity contribution in [1.82, 2.24) is 10.2 Å². The first-order valence-corrected chi connectivity index (χ1v) is 6.30. The summed E-state index contributed by atoms with van der Waals surface area (Å²) in [5.41, 5.74) is -0.233. The maximum absolute atomic E-state index is 12.2. The lowest BCUT2D eigenvalue weighted by molar-refractivity contribution is -0.147. The Morgan fingerprint density at radius 3 is 2.41 bits per heavy atom. The molecule has 0 radical (unpaired) electrons. The molecule has 1 rings (SSSR count). The molecule has 1 saturated heterocycles. The van der Waals surface area contributed by atoms with Crippen LogP contribution < -0.4 is 5.32 Å². The van der Waals surface area contributed by atoms with Gasteiger partial charge in [-0.1, -0.05) is 34.6 Å². The van der Waals surface area contributed by atoms with Gasteiger partial charge in [0.1, 0.15) is 6.04 Å². The third-order valence-corrected chi connectivity index (χ3v) is 3.04. The Morgan fingerprint density at radius 2 is 1.94 bits per heavy atom. The molecule has 1 N–H and O–H groups in total. The highest BCUT2D eigenvalue weighted by atomic mass is 16.2. The molecule has 1 heterocycles. The van der Waals surface area contributed by atoms with E-state index < -0.39 is 6.04 Å². The number of hydrogen-bond acceptors (Lipinski definition) is 2. The first-order valence-electron chi connectivity index (χ1n) is 6.30. The van der Waals surface area contributed by atoms with Crippen LogP contribution in [0.4, 0.5) is 0 Å². The van der Waals surface area contributed by atoms with E-state index in [0.29, 0.717) is 12.5 Å². The van der Waals surface area contributed by atoms with E-state index in [4.69, 9.17) is 0 Å². The van der Waals surface area contributed by atoms with Gasteiger partial charge in [0.05, 0.1) is 6.54 Å². The van der Waals surface area contributed by atoms with Gasteiger partial charge in [-0.25, -0.2) is 0 Å². The van der Waals surface area contributed by atoms with Gasteiger partial charge in [-0.15, -0.1) is 0 Å². The van der Waals surface area contributed by atoms with Gasteiger partial charge in [-0.3, -0.25) is 9.59 Å². The molecular formula is C13H24N2O2. The van der Waals surface area contributed by atoms with Crippen LogP contribution in [0.2, 0.25) is 0 Å². The maximum atomic E-state index is 12.2. The molecule has 1 aliphatic heterocycles. The van der Waals surface area contributed by atoms with Gasteiger partial charge in [0.15, 0.2) is 0 Å². The number of carbonyl (C=O) groups excluding carboxylic acids is 2. The van der Waals surface area contributed by atoms with Crippen LogP contribution in [0.25, 0.3) is 0 Å². The number of carbonyl (C=O) groups is 2. The van der Waals surface area contributed by atoms with Crippen LogP contribution in [0.15, 0.2) is 0 Å². The van der Waals surface area contributed by atoms with Crippen LogP contribution >= 0.6 is 0 Å². The lowest BCUT2D eigenvalue weighted by Gasteiger charge is -2.39. The fourth-order valence-electron chi connectivity index (χ4n) is 1.89. The molecule has 0 spiro atoms. The van der Waals surface area contributed by atoms with Gasteiger partial charge in [0.25, 0.3) is 0 Å². The van der Waals surface area contributed by atoms with Crippen molar-refractivity contribution in [2.45, 2.75) is 47.1 Å². The Kier molecular flexibility index (Phi) is 4.17. The van der Waals surface area contributed by atoms with E-state index in [2.05, 4.69) is 19.2 Å². The fourth-order valence-corrected chi connectivity index (χ4v) is 1.89. The Morgan fingerprint density at radius 1 is 1.35 bits per heavy atom. The normalized spacial score (nSPS) is 22.0. The number of nitrogens with one attached hydrogen (secondary N) is 1. The number of nitrogens with zero attached hydrogens (tertiary/aromatic N) is 1. The van der Waals surface area contributed by atoms with Crippen molar-refractivity contribution in [3.05, 3.63) is 0 Å². The van der Waals surface area contributed by atoms with Crippen molar-refractivity contribution in [2.75, 3.05) is 13.1 Å². The van der Waals surface area contributed by atoms with Crippen molar-refractivity contribution >= 4 is 11.8 Å². The van der Waals surface area contributed by atoms with Gasteiger partial charge in [0, 0.05) is 6.54 Å². The van der Waals surface area contributed by atoms with Crippen molar-refractivity contribution in [3.8, 4) is 0 Å². The summed E-state index contributed by atoms with van der Waals surface area (Å²) in [7, 11) is 0. The Bertz CT molecular complexity index is 305. The number of amides is 2. The van der Waals surface area contributed by atoms with E-state index in [-0.39, 0.29) is 23.8 Å². The summed E-state index contributed by atoms with van der Waals surface area (Å²) in [5, 5.41) is 2.79. The second-order valence-electron chi connectivity index (χ2n) is 6.31. The third kappa shape index (κ3) is 3.72. The number of piperazine rings is 1. The molecule has 0 aromatic carbocycles. The van der Waals surface area contributed by atoms with Gasteiger partial charge in [-0.05, 0) is 17.8 Å². The predicted molar refractivity (Wildman–Crippen MR) is 67.4 cm³/mol. The summed E-state index contributed by atoms with van der Waals surface area (Å²) < 4.78 is 0. The van der Waals surface area contributed by atoms with E-state index in [0.717, 1.165) is 6.42 Å². The van der Waals surface area contributed by atoms with Gasteiger partial charge >= 0.3 is 0 Å². The standard InChI is InChI=1S/C13H24N2O2/c1-9(2)6-7-15-8-10(16)14-11(12(15)17)13(3,4)5/h9,11H,6-8H2,1-5H3,(H,14,16). The topological polar surface area (TPSA) is 49.4 Å². The van der Waals surface area contributed by atoms with E-state index in [1.54, 1.807) is 4.90 Å². The second-order valence-corrected chi connectivity index (χ2v) is 6.31. The van der Waals surface area contributed by atoms with Crippen molar-refractivity contribution < 1.29 is 9.59 Å². The molecule has 0 aromatic rings. The predicted octanol–water partition coefficient (Wildman–Crippen LogP) is 1.41. The zero-order valence-corrected chi connectivity index (χ0v) is 11.5. The zero-order valence-electron chi connectivity index (χ0n) is 11.5. The molecule has 0 bridgehead atoms. The quantitative estimate of drug-likeness (QED) is 0.810. The van der Waals surface area contributed by atoms with E-state index in [1.165, 1.54) is 0 Å². The minimum Gasteiger partial charge on any atom is -0.342 e. The molecule has 1 unspecified atom stereocenters. The summed E-state index contributed by atoms with van der Waals surface area (Å²) in [5.74, 6) is 0.548. The molecule has 0 saturated carbocycles. The smallest absolute Gasteiger partial charge is 0.246 e. The van der Waals surface area contributed by atoms with Crippen LogP contribution in [-0.4, -0.2) is 35.8 Å². The molecule has 0 aliphatic carbocycles. The molecular weight excluding hydrogens is 216 g/mol. The average Bonchev–Trinajstić information content (AvgIpc) is 2.17. The molecule has 4 nitrogen and oxygen atoms in total. The van der Waals surface area contributed by atoms with Crippen LogP contribution in [0.5, 0.6) is 0 Å². The third-order valence-electron chi connectivity index (χ3n) is 3.04. The number of hydrogen-bond donors (Lipinski definition) is 1. The van der Waals surface area contributed by atoms with E-state index in [9.17, 15) is 9.59 Å². The highest BCUT2D eigenvalue weighted by Gasteiger charge is 2.39. The lowest BCUT2D eigenvalue weighted by Crippen LogP contribution is -2.62. The monoisotopic (exact) mass is 240 g/mol. The first-order chi connectivity index (χ1) is 7.71. The van der Waals surface area contributed by atoms with Crippen LogP contribution in [0.1, 0.15) is 41.0 Å². The van der Waals surface area contributed by atoms with E-state index >= 15 is 0 Å². The SMILES string of the molecule is CC(C)CCN1CC(=O)NC(C(C)(C)C)C1=O. The minimum atomic E-state index is -0.393. The summed E-state index contributed by atoms with van der Waals surface area (Å²) in [4.78, 5) is 25.5. The maximum Gasteiger partial charge on any atom is 0.246 e. The summed E-state index contributed by atoms with van der Waals surface area (Å²) >= 11 is 0. The average molecular weight is 240 g/mol. The highest BCUT2D eigenvalue weighted by molar-refractivity contribution is 5.95. The van der Waals surface area contributed by atoms with Crippen LogP contribution in [-0.2, 0) is 9.59 Å². The molecule has 1 aliphatic rings. The Labute approximate surface area is 104 Å². The molecule has 2 amide bonds. The molecule has 0 aromatic heterocycles. The number of rotatable bonds is 3. The van der Waals surface area contributed by atoms with Gasteiger partial charge < -0.3 is 10.2 Å². The molecule has 17 heavy (non-hydrogen) atoms. The zero-order chi connectivity index (χ0) is 13.2. The molecule has 4 heteroatoms. The second kappa shape index (κ2) is 5.07. The Balaban J connectivity index is 2.72. The fraction of sp³-hybridized carbons (Fsp3) is 0.846. The van der Waals surface area contributed by atoms with Gasteiger partial charge in [-0.2, -0.15) is 0 Å².